The van der Waals surface area contributed by atoms with Gasteiger partial charge in [0.15, 0.2) is 5.52 Å². The second-order valence-electron chi connectivity index (χ2n) is 4.00. The van der Waals surface area contributed by atoms with Crippen molar-refractivity contribution in [2.24, 2.45) is 0 Å². The summed E-state index contributed by atoms with van der Waals surface area (Å²) in [6, 6.07) is 6.89. The molecule has 0 amide bonds. The predicted molar refractivity (Wildman–Crippen MR) is 65.0 cm³/mol. The highest BCUT2D eigenvalue weighted by Crippen LogP contribution is 2.20. The van der Waals surface area contributed by atoms with Gasteiger partial charge in [-0.2, -0.15) is 5.10 Å². The molecule has 0 fully saturated rings. The van der Waals surface area contributed by atoms with Gasteiger partial charge in [0, 0.05) is 12.7 Å². The number of imidazole rings is 1. The Kier molecular flexibility index (Phi) is 2.22. The van der Waals surface area contributed by atoms with Gasteiger partial charge in [-0.3, -0.25) is 4.68 Å². The van der Waals surface area contributed by atoms with Crippen molar-refractivity contribution in [3.63, 3.8) is 0 Å². The van der Waals surface area contributed by atoms with Gasteiger partial charge in [0.2, 0.25) is 5.52 Å². The van der Waals surface area contributed by atoms with E-state index >= 15 is 0 Å². The molecule has 1 aromatic carbocycles. The second-order valence-corrected chi connectivity index (χ2v) is 4.00. The van der Waals surface area contributed by atoms with Crippen LogP contribution in [0.25, 0.3) is 22.4 Å². The molecule has 0 aliphatic rings. The molecule has 92 valence electrons. The lowest BCUT2D eigenvalue weighted by Crippen LogP contribution is -2.27. The average molecular weight is 244 g/mol. The van der Waals surface area contributed by atoms with Crippen LogP contribution in [-0.2, 0) is 6.54 Å². The maximum atomic E-state index is 12.1. The first kappa shape index (κ1) is 10.6. The van der Waals surface area contributed by atoms with Gasteiger partial charge >= 0.3 is 5.82 Å². The summed E-state index contributed by atoms with van der Waals surface area (Å²) in [7, 11) is 0. The Morgan fingerprint density at radius 2 is 2.17 bits per heavy atom. The summed E-state index contributed by atoms with van der Waals surface area (Å²) in [5.74, 6) is 0.177. The minimum absolute atomic E-state index is 0.177. The molecule has 0 atom stereocenters. The number of aromatic nitrogens is 4. The first-order valence-electron chi connectivity index (χ1n) is 5.67. The summed E-state index contributed by atoms with van der Waals surface area (Å²) < 4.78 is 3.32. The summed E-state index contributed by atoms with van der Waals surface area (Å²) in [6.45, 7) is 2.67. The van der Waals surface area contributed by atoms with Crippen LogP contribution in [0.1, 0.15) is 6.92 Å². The number of hydrogen-bond acceptors (Lipinski definition) is 3. The van der Waals surface area contributed by atoms with Crippen molar-refractivity contribution in [2.75, 3.05) is 0 Å². The lowest BCUT2D eigenvalue weighted by atomic mass is 10.3. The van der Waals surface area contributed by atoms with Gasteiger partial charge in [-0.25, -0.2) is 4.73 Å². The highest BCUT2D eigenvalue weighted by atomic mass is 16.5. The molecule has 0 saturated carbocycles. The number of benzene rings is 1. The number of aryl methyl sites for hydroxylation is 1. The Balaban J connectivity index is 2.28. The fraction of sp³-hybridized carbons (Fsp3) is 0.167. The van der Waals surface area contributed by atoms with Crippen molar-refractivity contribution in [3.05, 3.63) is 41.9 Å². The summed E-state index contributed by atoms with van der Waals surface area (Å²) >= 11 is 0. The van der Waals surface area contributed by atoms with Crippen LogP contribution in [0.15, 0.2) is 36.7 Å². The van der Waals surface area contributed by atoms with Crippen molar-refractivity contribution < 1.29 is 9.94 Å². The van der Waals surface area contributed by atoms with Crippen LogP contribution in [0.5, 0.6) is 0 Å². The Morgan fingerprint density at radius 3 is 2.83 bits per heavy atom. The predicted octanol–water partition coefficient (Wildman–Crippen LogP) is 1.40. The lowest BCUT2D eigenvalue weighted by Gasteiger charge is -2.00. The van der Waals surface area contributed by atoms with Gasteiger partial charge in [-0.15, -0.1) is 0 Å². The fourth-order valence-electron chi connectivity index (χ4n) is 2.02. The SMILES string of the molecule is CCn1cc(-c2n(O)c3ccccc3[n+]2[O-])cn1. The van der Waals surface area contributed by atoms with Crippen molar-refractivity contribution in [3.8, 4) is 11.4 Å². The Hall–Kier alpha value is -2.50. The van der Waals surface area contributed by atoms with Crippen LogP contribution < -0.4 is 4.73 Å². The molecule has 0 unspecified atom stereocenters. The van der Waals surface area contributed by atoms with E-state index in [0.717, 1.165) is 4.73 Å². The third-order valence-corrected chi connectivity index (χ3v) is 2.94. The zero-order valence-electron chi connectivity index (χ0n) is 9.82. The molecule has 2 aromatic heterocycles. The number of fused-ring (bicyclic) bond motifs is 1. The van der Waals surface area contributed by atoms with E-state index in [4.69, 9.17) is 0 Å². The molecule has 0 spiro atoms. The monoisotopic (exact) mass is 244 g/mol. The van der Waals surface area contributed by atoms with E-state index in [1.807, 2.05) is 6.92 Å². The van der Waals surface area contributed by atoms with Crippen LogP contribution in [0.3, 0.4) is 0 Å². The average Bonchev–Trinajstić information content (AvgIpc) is 2.95. The van der Waals surface area contributed by atoms with Gasteiger partial charge in [-0.1, -0.05) is 12.1 Å². The first-order chi connectivity index (χ1) is 8.72. The van der Waals surface area contributed by atoms with Crippen molar-refractivity contribution >= 4 is 11.0 Å². The van der Waals surface area contributed by atoms with Crippen LogP contribution in [0, 0.1) is 5.21 Å². The van der Waals surface area contributed by atoms with Crippen molar-refractivity contribution in [2.45, 2.75) is 13.5 Å². The molecule has 2 heterocycles. The van der Waals surface area contributed by atoms with Gasteiger partial charge in [0.25, 0.3) is 0 Å². The third-order valence-electron chi connectivity index (χ3n) is 2.94. The molecule has 3 aromatic rings. The van der Waals surface area contributed by atoms with Crippen LogP contribution in [0.2, 0.25) is 0 Å². The minimum atomic E-state index is 0.177. The van der Waals surface area contributed by atoms with E-state index in [9.17, 15) is 10.4 Å². The van der Waals surface area contributed by atoms with E-state index in [2.05, 4.69) is 5.10 Å². The third kappa shape index (κ3) is 1.35. The molecular formula is C12H12N4O2. The summed E-state index contributed by atoms with van der Waals surface area (Å²) in [6.07, 6.45) is 3.30. The molecule has 0 bridgehead atoms. The molecular weight excluding hydrogens is 232 g/mol. The van der Waals surface area contributed by atoms with Gasteiger partial charge in [0.1, 0.15) is 5.56 Å². The molecule has 6 nitrogen and oxygen atoms in total. The van der Waals surface area contributed by atoms with Gasteiger partial charge in [0.05, 0.1) is 6.20 Å². The minimum Gasteiger partial charge on any atom is -0.710 e. The number of nitrogens with zero attached hydrogens (tertiary/aromatic N) is 4. The fourth-order valence-corrected chi connectivity index (χ4v) is 2.02. The second kappa shape index (κ2) is 3.76. The van der Waals surface area contributed by atoms with Crippen molar-refractivity contribution in [1.29, 1.82) is 0 Å². The molecule has 18 heavy (non-hydrogen) atoms. The van der Waals surface area contributed by atoms with E-state index in [-0.39, 0.29) is 5.82 Å². The quantitative estimate of drug-likeness (QED) is 0.421. The molecule has 0 saturated heterocycles. The largest absolute Gasteiger partial charge is 0.710 e. The first-order valence-corrected chi connectivity index (χ1v) is 5.67. The summed E-state index contributed by atoms with van der Waals surface area (Å²) in [5.41, 5.74) is 1.50. The zero-order valence-corrected chi connectivity index (χ0v) is 9.82. The standard InChI is InChI=1S/C12H12N4O2/c1-2-14-8-9(7-13-14)12-15(17)10-5-3-4-6-11(10)16(12)18/h3-8,17H,2H2,1H3. The number of hydrogen-bond donors (Lipinski definition) is 1. The normalized spacial score (nSPS) is 11.2. The molecule has 0 radical (unpaired) electrons. The molecule has 1 N–H and O–H groups in total. The van der Waals surface area contributed by atoms with E-state index in [1.165, 1.54) is 0 Å². The van der Waals surface area contributed by atoms with Crippen LogP contribution >= 0.6 is 0 Å². The van der Waals surface area contributed by atoms with Crippen LogP contribution in [0.4, 0.5) is 0 Å². The molecule has 6 heteroatoms. The smallest absolute Gasteiger partial charge is 0.335 e. The highest BCUT2D eigenvalue weighted by Gasteiger charge is 2.23. The summed E-state index contributed by atoms with van der Waals surface area (Å²) in [5, 5.41) is 26.3. The molecule has 3 rings (SSSR count). The highest BCUT2D eigenvalue weighted by molar-refractivity contribution is 5.75. The number of rotatable bonds is 2. The van der Waals surface area contributed by atoms with Crippen LogP contribution in [-0.4, -0.2) is 19.7 Å². The van der Waals surface area contributed by atoms with Gasteiger partial charge in [-0.05, 0) is 23.8 Å². The maximum Gasteiger partial charge on any atom is 0.335 e. The Bertz CT molecular complexity index is 675. The molecule has 0 aliphatic carbocycles. The van der Waals surface area contributed by atoms with E-state index < -0.39 is 0 Å². The summed E-state index contributed by atoms with van der Waals surface area (Å²) in [4.78, 5) is 0. The number of para-hydroxylation sites is 2. The Labute approximate surface area is 103 Å². The maximum absolute atomic E-state index is 12.1. The zero-order chi connectivity index (χ0) is 12.7. The van der Waals surface area contributed by atoms with Gasteiger partial charge < -0.3 is 10.4 Å². The van der Waals surface area contributed by atoms with E-state index in [1.54, 1.807) is 41.3 Å². The lowest BCUT2D eigenvalue weighted by molar-refractivity contribution is -0.567. The van der Waals surface area contributed by atoms with E-state index in [0.29, 0.717) is 27.9 Å². The Morgan fingerprint density at radius 1 is 1.39 bits per heavy atom. The van der Waals surface area contributed by atoms with Crippen molar-refractivity contribution in [1.82, 2.24) is 14.5 Å². The topological polar surface area (TPSA) is 69.9 Å². The molecule has 0 aliphatic heterocycles.